The van der Waals surface area contributed by atoms with E-state index in [0.29, 0.717) is 37.5 Å². The molecule has 0 aromatic heterocycles. The van der Waals surface area contributed by atoms with E-state index in [1.54, 1.807) is 11.8 Å². The summed E-state index contributed by atoms with van der Waals surface area (Å²) >= 11 is 1.59. The van der Waals surface area contributed by atoms with Gasteiger partial charge in [-0.2, -0.15) is 11.8 Å². The van der Waals surface area contributed by atoms with Crippen molar-refractivity contribution in [2.45, 2.75) is 77.1 Å². The third-order valence-electron chi connectivity index (χ3n) is 5.83. The number of Topliss-reactive ketones (excluding diaryl/α,β-unsaturated/α-hetero) is 1. The number of allylic oxidation sites excluding steroid dienone is 2. The standard InChI is InChI=1S/C26H42O6S/c1-19(2)8-7-9-20(3)16-21(28)11-12-23-22(24(29)17-25(23)33-15-13-27)10-5-6-14-32-18-26(30)31-4/h8,20-23,25,27-28H,5-7,9-10,13-18H2,1-4H3/t20?,21-,22-,23-,25-/m1/s1. The summed E-state index contributed by atoms with van der Waals surface area (Å²) in [6, 6.07) is 0. The van der Waals surface area contributed by atoms with Gasteiger partial charge in [0.05, 0.1) is 13.7 Å². The number of unbranched alkanes of at least 4 members (excludes halogenated alkanes) is 1. The molecule has 1 fully saturated rings. The van der Waals surface area contributed by atoms with E-state index in [2.05, 4.69) is 43.4 Å². The number of carbonyl (C=O) groups is 2. The molecular formula is C26H42O6S. The average molecular weight is 483 g/mol. The number of thioether (sulfide) groups is 1. The fourth-order valence-corrected chi connectivity index (χ4v) is 5.18. The Morgan fingerprint density at radius 1 is 1.33 bits per heavy atom. The first-order chi connectivity index (χ1) is 15.8. The quantitative estimate of drug-likeness (QED) is 0.159. The van der Waals surface area contributed by atoms with Gasteiger partial charge in [0, 0.05) is 35.9 Å². The van der Waals surface area contributed by atoms with Crippen molar-refractivity contribution in [3.05, 3.63) is 11.6 Å². The molecule has 0 aromatic carbocycles. The maximum absolute atomic E-state index is 12.7. The molecule has 0 bridgehead atoms. The van der Waals surface area contributed by atoms with Crippen LogP contribution >= 0.6 is 11.8 Å². The number of aliphatic hydroxyl groups is 2. The molecule has 0 spiro atoms. The van der Waals surface area contributed by atoms with Crippen molar-refractivity contribution in [3.8, 4) is 11.8 Å². The molecule has 1 unspecified atom stereocenters. The molecule has 0 radical (unpaired) electrons. The highest BCUT2D eigenvalue weighted by atomic mass is 32.2. The molecule has 6 nitrogen and oxygen atoms in total. The molecule has 33 heavy (non-hydrogen) atoms. The topological polar surface area (TPSA) is 93.1 Å². The predicted molar refractivity (Wildman–Crippen MR) is 133 cm³/mol. The third kappa shape index (κ3) is 12.6. The molecule has 1 rings (SSSR count). The highest BCUT2D eigenvalue weighted by Gasteiger charge is 2.41. The van der Waals surface area contributed by atoms with Crippen LogP contribution in [0.2, 0.25) is 0 Å². The van der Waals surface area contributed by atoms with Crippen molar-refractivity contribution in [2.24, 2.45) is 17.8 Å². The average Bonchev–Trinajstić information content (AvgIpc) is 3.06. The first kappa shape index (κ1) is 29.7. The molecule has 1 aliphatic rings. The Bertz CT molecular complexity index is 676. The fraction of sp³-hybridized carbons (Fsp3) is 0.769. The van der Waals surface area contributed by atoms with Crippen LogP contribution in [0.15, 0.2) is 11.6 Å². The second-order valence-electron chi connectivity index (χ2n) is 9.06. The lowest BCUT2D eigenvalue weighted by Crippen LogP contribution is -2.19. The number of hydrogen-bond acceptors (Lipinski definition) is 7. The Kier molecular flexibility index (Phi) is 15.4. The number of carbonyl (C=O) groups excluding carboxylic acids is 2. The zero-order valence-electron chi connectivity index (χ0n) is 20.7. The highest BCUT2D eigenvalue weighted by Crippen LogP contribution is 2.39. The van der Waals surface area contributed by atoms with Gasteiger partial charge in [0.2, 0.25) is 0 Å². The molecule has 0 aliphatic heterocycles. The van der Waals surface area contributed by atoms with Crippen LogP contribution in [-0.4, -0.2) is 66.0 Å². The van der Waals surface area contributed by atoms with Gasteiger partial charge in [0.15, 0.2) is 0 Å². The van der Waals surface area contributed by atoms with E-state index in [1.807, 2.05) is 0 Å². The van der Waals surface area contributed by atoms with Crippen molar-refractivity contribution in [1.29, 1.82) is 0 Å². The van der Waals surface area contributed by atoms with E-state index >= 15 is 0 Å². The van der Waals surface area contributed by atoms with Crippen LogP contribution in [-0.2, 0) is 19.1 Å². The van der Waals surface area contributed by atoms with Crippen LogP contribution in [0.1, 0.15) is 65.7 Å². The van der Waals surface area contributed by atoms with E-state index in [0.717, 1.165) is 25.7 Å². The number of hydrogen-bond donors (Lipinski definition) is 2. The van der Waals surface area contributed by atoms with Gasteiger partial charge in [-0.3, -0.25) is 4.79 Å². The van der Waals surface area contributed by atoms with Crippen molar-refractivity contribution >= 4 is 23.5 Å². The lowest BCUT2D eigenvalue weighted by atomic mass is 9.90. The summed E-state index contributed by atoms with van der Waals surface area (Å²) in [5.74, 6) is 6.77. The third-order valence-corrected chi connectivity index (χ3v) is 7.14. The molecule has 0 heterocycles. The molecule has 1 saturated carbocycles. The van der Waals surface area contributed by atoms with E-state index in [9.17, 15) is 19.8 Å². The smallest absolute Gasteiger partial charge is 0.331 e. The van der Waals surface area contributed by atoms with E-state index in [1.165, 1.54) is 12.7 Å². The maximum Gasteiger partial charge on any atom is 0.331 e. The Morgan fingerprint density at radius 3 is 2.76 bits per heavy atom. The van der Waals surface area contributed by atoms with Gasteiger partial charge in [-0.25, -0.2) is 4.79 Å². The molecule has 5 atom stereocenters. The van der Waals surface area contributed by atoms with Crippen LogP contribution < -0.4 is 0 Å². The number of ether oxygens (including phenoxy) is 2. The molecule has 188 valence electrons. The predicted octanol–water partition coefficient (Wildman–Crippen LogP) is 3.78. The zero-order chi connectivity index (χ0) is 24.6. The SMILES string of the molecule is COC(=O)COCCCC[C@H]1C(=O)C[C@@H](SCCO)[C@@H]1C#C[C@@H](O)CC(C)CCC=C(C)C. The van der Waals surface area contributed by atoms with Gasteiger partial charge in [-0.05, 0) is 51.9 Å². The lowest BCUT2D eigenvalue weighted by molar-refractivity contribution is -0.145. The Labute approximate surface area is 203 Å². The van der Waals surface area contributed by atoms with Crippen LogP contribution in [0.3, 0.4) is 0 Å². The first-order valence-corrected chi connectivity index (χ1v) is 13.1. The van der Waals surface area contributed by atoms with E-state index in [-0.39, 0.29) is 36.1 Å². The van der Waals surface area contributed by atoms with Gasteiger partial charge in [-0.15, -0.1) is 0 Å². The summed E-state index contributed by atoms with van der Waals surface area (Å²) in [7, 11) is 1.33. The summed E-state index contributed by atoms with van der Waals surface area (Å²) < 4.78 is 9.82. The normalized spacial score (nSPS) is 21.8. The molecule has 1 aliphatic carbocycles. The van der Waals surface area contributed by atoms with Gasteiger partial charge in [-0.1, -0.05) is 36.8 Å². The molecule has 0 amide bonds. The summed E-state index contributed by atoms with van der Waals surface area (Å²) in [6.45, 7) is 6.77. The Hall–Kier alpha value is -1.33. The van der Waals surface area contributed by atoms with Crippen LogP contribution in [0.4, 0.5) is 0 Å². The molecule has 7 heteroatoms. The number of rotatable bonds is 15. The Balaban J connectivity index is 2.63. The summed E-state index contributed by atoms with van der Waals surface area (Å²) in [5, 5.41) is 19.7. The van der Waals surface area contributed by atoms with Crippen LogP contribution in [0.25, 0.3) is 0 Å². The molecular weight excluding hydrogens is 440 g/mol. The molecule has 2 N–H and O–H groups in total. The van der Waals surface area contributed by atoms with Crippen molar-refractivity contribution in [2.75, 3.05) is 32.7 Å². The largest absolute Gasteiger partial charge is 0.467 e. The zero-order valence-corrected chi connectivity index (χ0v) is 21.5. The van der Waals surface area contributed by atoms with E-state index < -0.39 is 12.1 Å². The second-order valence-corrected chi connectivity index (χ2v) is 10.4. The summed E-state index contributed by atoms with van der Waals surface area (Å²) in [4.78, 5) is 23.8. The monoisotopic (exact) mass is 482 g/mol. The van der Waals surface area contributed by atoms with E-state index in [4.69, 9.17) is 4.74 Å². The van der Waals surface area contributed by atoms with Gasteiger partial charge >= 0.3 is 5.97 Å². The van der Waals surface area contributed by atoms with Gasteiger partial charge in [0.25, 0.3) is 0 Å². The number of esters is 1. The van der Waals surface area contributed by atoms with Crippen LogP contribution in [0, 0.1) is 29.6 Å². The maximum atomic E-state index is 12.7. The minimum atomic E-state index is -0.696. The van der Waals surface area contributed by atoms with Gasteiger partial charge < -0.3 is 19.7 Å². The highest BCUT2D eigenvalue weighted by molar-refractivity contribution is 8.00. The van der Waals surface area contributed by atoms with Gasteiger partial charge in [0.1, 0.15) is 18.5 Å². The van der Waals surface area contributed by atoms with Crippen LogP contribution in [0.5, 0.6) is 0 Å². The summed E-state index contributed by atoms with van der Waals surface area (Å²) in [5.41, 5.74) is 1.31. The second kappa shape index (κ2) is 17.2. The minimum Gasteiger partial charge on any atom is -0.467 e. The molecule has 0 saturated heterocycles. The number of methoxy groups -OCH3 is 1. The van der Waals surface area contributed by atoms with Crippen molar-refractivity contribution < 1.29 is 29.3 Å². The first-order valence-electron chi connectivity index (χ1n) is 12.0. The lowest BCUT2D eigenvalue weighted by Gasteiger charge is -2.19. The molecule has 0 aromatic rings. The van der Waals surface area contributed by atoms with Crippen molar-refractivity contribution in [3.63, 3.8) is 0 Å². The van der Waals surface area contributed by atoms with Crippen molar-refractivity contribution in [1.82, 2.24) is 0 Å². The minimum absolute atomic E-state index is 0.0556. The summed E-state index contributed by atoms with van der Waals surface area (Å²) in [6.07, 6.45) is 6.89. The fourth-order valence-electron chi connectivity index (χ4n) is 4.03. The number of ketones is 1. The number of aliphatic hydroxyl groups excluding tert-OH is 2. The Morgan fingerprint density at radius 2 is 2.09 bits per heavy atom.